The van der Waals surface area contributed by atoms with Crippen LogP contribution in [-0.4, -0.2) is 41.6 Å². The average molecular weight is 384 g/mol. The van der Waals surface area contributed by atoms with Gasteiger partial charge in [0.2, 0.25) is 5.91 Å². The highest BCUT2D eigenvalue weighted by Gasteiger charge is 2.21. The first kappa shape index (κ1) is 19.6. The molecule has 3 rings (SSSR count). The lowest BCUT2D eigenvalue weighted by molar-refractivity contribution is -0.121. The molecule has 0 bridgehead atoms. The molecule has 0 radical (unpaired) electrons. The van der Waals surface area contributed by atoms with E-state index >= 15 is 0 Å². The molecule has 1 atom stereocenters. The van der Waals surface area contributed by atoms with E-state index in [1.807, 2.05) is 35.8 Å². The Morgan fingerprint density at radius 2 is 2.07 bits per heavy atom. The summed E-state index contributed by atoms with van der Waals surface area (Å²) in [7, 11) is 1.63. The third-order valence-corrected chi connectivity index (χ3v) is 4.31. The highest BCUT2D eigenvalue weighted by Crippen LogP contribution is 2.21. The lowest BCUT2D eigenvalue weighted by Gasteiger charge is -2.16. The standard InChI is InChI=1S/C20H24N4O4/c1-14(22-20(26)17-9-5-12-28-17)19-23-15-7-3-4-8-16(15)24(19)13-18(25)21-10-6-11-27-2/h3-5,7-9,12,14H,6,10-11,13H2,1-2H3,(H,21,25)(H,22,26). The van der Waals surface area contributed by atoms with Crippen LogP contribution >= 0.6 is 0 Å². The van der Waals surface area contributed by atoms with Gasteiger partial charge in [-0.25, -0.2) is 4.98 Å². The van der Waals surface area contributed by atoms with E-state index in [1.54, 1.807) is 19.2 Å². The molecule has 2 amide bonds. The van der Waals surface area contributed by atoms with Crippen LogP contribution in [0.15, 0.2) is 47.1 Å². The number of amides is 2. The minimum Gasteiger partial charge on any atom is -0.459 e. The molecule has 0 saturated heterocycles. The van der Waals surface area contributed by atoms with Gasteiger partial charge in [-0.1, -0.05) is 12.1 Å². The minimum absolute atomic E-state index is 0.115. The monoisotopic (exact) mass is 384 g/mol. The summed E-state index contributed by atoms with van der Waals surface area (Å²) < 4.78 is 12.0. The van der Waals surface area contributed by atoms with Crippen LogP contribution in [0.3, 0.4) is 0 Å². The number of aromatic nitrogens is 2. The Morgan fingerprint density at radius 3 is 2.82 bits per heavy atom. The summed E-state index contributed by atoms with van der Waals surface area (Å²) in [5, 5.41) is 5.75. The van der Waals surface area contributed by atoms with E-state index in [0.29, 0.717) is 19.0 Å². The molecule has 2 heterocycles. The normalized spacial score (nSPS) is 12.1. The molecular weight excluding hydrogens is 360 g/mol. The van der Waals surface area contributed by atoms with Gasteiger partial charge in [-0.2, -0.15) is 0 Å². The number of methoxy groups -OCH3 is 1. The zero-order valence-electron chi connectivity index (χ0n) is 16.0. The molecule has 0 aliphatic rings. The van der Waals surface area contributed by atoms with E-state index in [9.17, 15) is 9.59 Å². The van der Waals surface area contributed by atoms with E-state index in [1.165, 1.54) is 6.26 Å². The highest BCUT2D eigenvalue weighted by molar-refractivity contribution is 5.91. The Bertz CT molecular complexity index is 933. The van der Waals surface area contributed by atoms with Gasteiger partial charge in [0.25, 0.3) is 5.91 Å². The molecule has 2 N–H and O–H groups in total. The molecule has 0 aliphatic heterocycles. The predicted octanol–water partition coefficient (Wildman–Crippen LogP) is 2.27. The number of fused-ring (bicyclic) bond motifs is 1. The van der Waals surface area contributed by atoms with Crippen LogP contribution < -0.4 is 10.6 Å². The second kappa shape index (κ2) is 9.18. The number of rotatable bonds is 9. The molecule has 8 heteroatoms. The summed E-state index contributed by atoms with van der Waals surface area (Å²) in [6.45, 7) is 3.08. The zero-order valence-corrected chi connectivity index (χ0v) is 16.0. The Morgan fingerprint density at radius 1 is 1.25 bits per heavy atom. The van der Waals surface area contributed by atoms with Crippen LogP contribution in [0, 0.1) is 0 Å². The molecule has 0 aliphatic carbocycles. The maximum Gasteiger partial charge on any atom is 0.287 e. The first-order valence-electron chi connectivity index (χ1n) is 9.15. The summed E-state index contributed by atoms with van der Waals surface area (Å²) in [6, 6.07) is 10.4. The number of hydrogen-bond donors (Lipinski definition) is 2. The summed E-state index contributed by atoms with van der Waals surface area (Å²) in [5.74, 6) is 0.378. The van der Waals surface area contributed by atoms with Crippen LogP contribution in [0.25, 0.3) is 11.0 Å². The molecule has 148 valence electrons. The predicted molar refractivity (Wildman–Crippen MR) is 104 cm³/mol. The fourth-order valence-electron chi connectivity index (χ4n) is 2.97. The van der Waals surface area contributed by atoms with Gasteiger partial charge in [0.15, 0.2) is 5.76 Å². The molecule has 2 aromatic heterocycles. The lowest BCUT2D eigenvalue weighted by atomic mass is 10.3. The van der Waals surface area contributed by atoms with Crippen LogP contribution in [-0.2, 0) is 16.1 Å². The first-order chi connectivity index (χ1) is 13.6. The fourth-order valence-corrected chi connectivity index (χ4v) is 2.97. The Kier molecular flexibility index (Phi) is 6.44. The smallest absolute Gasteiger partial charge is 0.287 e. The highest BCUT2D eigenvalue weighted by atomic mass is 16.5. The van der Waals surface area contributed by atoms with Crippen molar-refractivity contribution in [3.63, 3.8) is 0 Å². The van der Waals surface area contributed by atoms with E-state index < -0.39 is 6.04 Å². The van der Waals surface area contributed by atoms with Crippen LogP contribution in [0.4, 0.5) is 0 Å². The van der Waals surface area contributed by atoms with Crippen molar-refractivity contribution in [3.8, 4) is 0 Å². The van der Waals surface area contributed by atoms with Crippen molar-refractivity contribution >= 4 is 22.8 Å². The number of carbonyl (C=O) groups excluding carboxylic acids is 2. The van der Waals surface area contributed by atoms with Crippen molar-refractivity contribution in [2.45, 2.75) is 25.9 Å². The fraction of sp³-hybridized carbons (Fsp3) is 0.350. The van der Waals surface area contributed by atoms with Crippen LogP contribution in [0.2, 0.25) is 0 Å². The van der Waals surface area contributed by atoms with Gasteiger partial charge < -0.3 is 24.4 Å². The topological polar surface area (TPSA) is 98.4 Å². The molecule has 1 aromatic carbocycles. The molecule has 1 unspecified atom stereocenters. The summed E-state index contributed by atoms with van der Waals surface area (Å²) in [6.07, 6.45) is 2.19. The van der Waals surface area contributed by atoms with Gasteiger partial charge in [-0.05, 0) is 37.6 Å². The van der Waals surface area contributed by atoms with E-state index in [2.05, 4.69) is 15.6 Å². The Balaban J connectivity index is 1.78. The maximum atomic E-state index is 12.4. The molecule has 0 spiro atoms. The van der Waals surface area contributed by atoms with Crippen molar-refractivity contribution in [1.82, 2.24) is 20.2 Å². The van der Waals surface area contributed by atoms with Gasteiger partial charge in [0.05, 0.1) is 23.3 Å². The van der Waals surface area contributed by atoms with Gasteiger partial charge in [-0.3, -0.25) is 9.59 Å². The maximum absolute atomic E-state index is 12.4. The second-order valence-corrected chi connectivity index (χ2v) is 6.41. The average Bonchev–Trinajstić information content (AvgIpc) is 3.34. The molecule has 8 nitrogen and oxygen atoms in total. The molecular formula is C20H24N4O4. The SMILES string of the molecule is COCCCNC(=O)Cn1c(C(C)NC(=O)c2ccco2)nc2ccccc21. The third kappa shape index (κ3) is 4.58. The number of hydrogen-bond acceptors (Lipinski definition) is 5. The lowest BCUT2D eigenvalue weighted by Crippen LogP contribution is -2.32. The van der Waals surface area contributed by atoms with Gasteiger partial charge >= 0.3 is 0 Å². The van der Waals surface area contributed by atoms with Crippen LogP contribution in [0.5, 0.6) is 0 Å². The van der Waals surface area contributed by atoms with E-state index in [-0.39, 0.29) is 24.1 Å². The molecule has 0 saturated carbocycles. The van der Waals surface area contributed by atoms with Crippen LogP contribution in [0.1, 0.15) is 35.8 Å². The number of nitrogens with zero attached hydrogens (tertiary/aromatic N) is 2. The van der Waals surface area contributed by atoms with Crippen molar-refractivity contribution in [2.24, 2.45) is 0 Å². The molecule has 28 heavy (non-hydrogen) atoms. The molecule has 3 aromatic rings. The molecule has 0 fully saturated rings. The summed E-state index contributed by atoms with van der Waals surface area (Å²) in [5.41, 5.74) is 1.60. The van der Waals surface area contributed by atoms with Crippen molar-refractivity contribution in [2.75, 3.05) is 20.3 Å². The second-order valence-electron chi connectivity index (χ2n) is 6.41. The minimum atomic E-state index is -0.411. The van der Waals surface area contributed by atoms with Crippen molar-refractivity contribution in [3.05, 3.63) is 54.2 Å². The Hall–Kier alpha value is -3.13. The van der Waals surface area contributed by atoms with E-state index in [0.717, 1.165) is 17.5 Å². The quantitative estimate of drug-likeness (QED) is 0.552. The number of ether oxygens (including phenoxy) is 1. The number of para-hydroxylation sites is 2. The van der Waals surface area contributed by atoms with Crippen molar-refractivity contribution < 1.29 is 18.7 Å². The van der Waals surface area contributed by atoms with Gasteiger partial charge in [0.1, 0.15) is 12.4 Å². The summed E-state index contributed by atoms with van der Waals surface area (Å²) in [4.78, 5) is 29.3. The Labute approximate surface area is 162 Å². The summed E-state index contributed by atoms with van der Waals surface area (Å²) >= 11 is 0. The zero-order chi connectivity index (χ0) is 19.9. The number of furan rings is 1. The number of benzene rings is 1. The largest absolute Gasteiger partial charge is 0.459 e. The first-order valence-corrected chi connectivity index (χ1v) is 9.15. The van der Waals surface area contributed by atoms with Gasteiger partial charge in [0, 0.05) is 20.3 Å². The van der Waals surface area contributed by atoms with E-state index in [4.69, 9.17) is 9.15 Å². The number of nitrogens with one attached hydrogen (secondary N) is 2. The van der Waals surface area contributed by atoms with Crippen molar-refractivity contribution in [1.29, 1.82) is 0 Å². The van der Waals surface area contributed by atoms with Gasteiger partial charge in [-0.15, -0.1) is 0 Å². The number of imidazole rings is 1. The third-order valence-electron chi connectivity index (χ3n) is 4.31. The number of carbonyl (C=O) groups is 2.